The topological polar surface area (TPSA) is 55.1 Å². The summed E-state index contributed by atoms with van der Waals surface area (Å²) in [5.41, 5.74) is 5.55. The van der Waals surface area contributed by atoms with Crippen molar-refractivity contribution in [1.82, 2.24) is 5.32 Å². The Kier molecular flexibility index (Phi) is 6.56. The number of amides is 1. The first kappa shape index (κ1) is 14.5. The lowest BCUT2D eigenvalue weighted by Crippen LogP contribution is -2.27. The van der Waals surface area contributed by atoms with E-state index in [9.17, 15) is 4.79 Å². The average molecular weight is 240 g/mol. The van der Waals surface area contributed by atoms with Gasteiger partial charge < -0.3 is 11.1 Å². The predicted octanol–water partition coefficient (Wildman–Crippen LogP) is 2.45. The molecule has 0 spiro atoms. The average Bonchev–Trinajstić information content (AvgIpc) is 3.03. The number of rotatable bonds is 9. The highest BCUT2D eigenvalue weighted by atomic mass is 16.1. The van der Waals surface area contributed by atoms with Crippen molar-refractivity contribution in [2.45, 2.75) is 64.8 Å². The maximum Gasteiger partial charge on any atom is 0.220 e. The van der Waals surface area contributed by atoms with Crippen molar-refractivity contribution >= 4 is 5.91 Å². The van der Waals surface area contributed by atoms with Gasteiger partial charge in [-0.1, -0.05) is 26.7 Å². The number of hydrogen-bond donors (Lipinski definition) is 2. The normalized spacial score (nSPS) is 24.4. The van der Waals surface area contributed by atoms with E-state index in [2.05, 4.69) is 19.2 Å². The third-order valence-corrected chi connectivity index (χ3v) is 3.86. The van der Waals surface area contributed by atoms with Crippen LogP contribution in [0.15, 0.2) is 0 Å². The van der Waals surface area contributed by atoms with Crippen LogP contribution in [0.2, 0.25) is 0 Å². The molecule has 0 aliphatic heterocycles. The molecule has 3 nitrogen and oxygen atoms in total. The lowest BCUT2D eigenvalue weighted by molar-refractivity contribution is -0.121. The Morgan fingerprint density at radius 2 is 2.18 bits per heavy atom. The van der Waals surface area contributed by atoms with Crippen LogP contribution in [0, 0.1) is 11.8 Å². The molecular formula is C14H28N2O. The van der Waals surface area contributed by atoms with Gasteiger partial charge in [-0.25, -0.2) is 0 Å². The van der Waals surface area contributed by atoms with Crippen molar-refractivity contribution in [2.75, 3.05) is 6.54 Å². The molecule has 1 fully saturated rings. The summed E-state index contributed by atoms with van der Waals surface area (Å²) in [6.07, 6.45) is 7.53. The van der Waals surface area contributed by atoms with Crippen LogP contribution < -0.4 is 11.1 Å². The van der Waals surface area contributed by atoms with Crippen molar-refractivity contribution in [1.29, 1.82) is 0 Å². The highest BCUT2D eigenvalue weighted by molar-refractivity contribution is 5.76. The number of nitrogens with two attached hydrogens (primary N) is 1. The van der Waals surface area contributed by atoms with Crippen LogP contribution in [-0.4, -0.2) is 18.5 Å². The molecule has 0 radical (unpaired) electrons. The fourth-order valence-electron chi connectivity index (χ4n) is 2.52. The standard InChI is InChI=1S/C14H28N2O/c1-3-5-12-10-13(12)16-14(17)7-6-11(4-2)8-9-15/h11-13H,3-10,15H2,1-2H3,(H,16,17). The molecule has 1 saturated carbocycles. The Balaban J connectivity index is 2.09. The van der Waals surface area contributed by atoms with Gasteiger partial charge in [-0.2, -0.15) is 0 Å². The van der Waals surface area contributed by atoms with E-state index < -0.39 is 0 Å². The van der Waals surface area contributed by atoms with Crippen molar-refractivity contribution in [3.05, 3.63) is 0 Å². The second-order valence-corrected chi connectivity index (χ2v) is 5.35. The van der Waals surface area contributed by atoms with Gasteiger partial charge in [-0.05, 0) is 44.1 Å². The second kappa shape index (κ2) is 7.70. The zero-order chi connectivity index (χ0) is 12.7. The van der Waals surface area contributed by atoms with Gasteiger partial charge in [0.25, 0.3) is 0 Å². The SMILES string of the molecule is CCCC1CC1NC(=O)CCC(CC)CCN. The molecule has 0 heterocycles. The van der Waals surface area contributed by atoms with Crippen LogP contribution >= 0.6 is 0 Å². The molecular weight excluding hydrogens is 212 g/mol. The summed E-state index contributed by atoms with van der Waals surface area (Å²) in [5.74, 6) is 1.62. The molecule has 17 heavy (non-hydrogen) atoms. The van der Waals surface area contributed by atoms with E-state index in [1.54, 1.807) is 0 Å². The van der Waals surface area contributed by atoms with E-state index in [-0.39, 0.29) is 5.91 Å². The van der Waals surface area contributed by atoms with Crippen LogP contribution in [0.4, 0.5) is 0 Å². The molecule has 3 atom stereocenters. The lowest BCUT2D eigenvalue weighted by Gasteiger charge is -2.13. The lowest BCUT2D eigenvalue weighted by atomic mass is 9.96. The zero-order valence-corrected chi connectivity index (χ0v) is 11.4. The molecule has 100 valence electrons. The maximum atomic E-state index is 11.7. The van der Waals surface area contributed by atoms with Crippen LogP contribution in [0.3, 0.4) is 0 Å². The highest BCUT2D eigenvalue weighted by Crippen LogP contribution is 2.34. The minimum Gasteiger partial charge on any atom is -0.353 e. The molecule has 1 amide bonds. The summed E-state index contributed by atoms with van der Waals surface area (Å²) in [6.45, 7) is 5.12. The van der Waals surface area contributed by atoms with Crippen molar-refractivity contribution in [3.8, 4) is 0 Å². The smallest absolute Gasteiger partial charge is 0.220 e. The summed E-state index contributed by atoms with van der Waals surface area (Å²) >= 11 is 0. The molecule has 1 aliphatic carbocycles. The molecule has 3 heteroatoms. The largest absolute Gasteiger partial charge is 0.353 e. The van der Waals surface area contributed by atoms with Crippen LogP contribution in [0.1, 0.15) is 58.8 Å². The van der Waals surface area contributed by atoms with Gasteiger partial charge in [-0.3, -0.25) is 4.79 Å². The van der Waals surface area contributed by atoms with Gasteiger partial charge in [0.05, 0.1) is 0 Å². The first-order valence-electron chi connectivity index (χ1n) is 7.20. The zero-order valence-electron chi connectivity index (χ0n) is 11.4. The summed E-state index contributed by atoms with van der Waals surface area (Å²) in [7, 11) is 0. The molecule has 0 saturated heterocycles. The van der Waals surface area contributed by atoms with Gasteiger partial charge >= 0.3 is 0 Å². The summed E-state index contributed by atoms with van der Waals surface area (Å²) in [4.78, 5) is 11.7. The molecule has 1 aliphatic rings. The summed E-state index contributed by atoms with van der Waals surface area (Å²) < 4.78 is 0. The van der Waals surface area contributed by atoms with Crippen molar-refractivity contribution < 1.29 is 4.79 Å². The number of carbonyl (C=O) groups excluding carboxylic acids is 1. The summed E-state index contributed by atoms with van der Waals surface area (Å²) in [5, 5.41) is 3.14. The van der Waals surface area contributed by atoms with E-state index in [1.807, 2.05) is 0 Å². The maximum absolute atomic E-state index is 11.7. The second-order valence-electron chi connectivity index (χ2n) is 5.35. The van der Waals surface area contributed by atoms with Crippen LogP contribution in [0.5, 0.6) is 0 Å². The van der Waals surface area contributed by atoms with E-state index in [1.165, 1.54) is 19.3 Å². The fourth-order valence-corrected chi connectivity index (χ4v) is 2.52. The van der Waals surface area contributed by atoms with Crippen LogP contribution in [0.25, 0.3) is 0 Å². The summed E-state index contributed by atoms with van der Waals surface area (Å²) in [6, 6.07) is 0.483. The van der Waals surface area contributed by atoms with Crippen molar-refractivity contribution in [3.63, 3.8) is 0 Å². The van der Waals surface area contributed by atoms with E-state index >= 15 is 0 Å². The highest BCUT2D eigenvalue weighted by Gasteiger charge is 2.36. The third kappa shape index (κ3) is 5.53. The fraction of sp³-hybridized carbons (Fsp3) is 0.929. The Morgan fingerprint density at radius 3 is 2.76 bits per heavy atom. The van der Waals surface area contributed by atoms with E-state index in [4.69, 9.17) is 5.73 Å². The molecule has 0 bridgehead atoms. The Labute approximate surface area is 106 Å². The Morgan fingerprint density at radius 1 is 1.41 bits per heavy atom. The molecule has 3 unspecified atom stereocenters. The monoisotopic (exact) mass is 240 g/mol. The Hall–Kier alpha value is -0.570. The van der Waals surface area contributed by atoms with Crippen molar-refractivity contribution in [2.24, 2.45) is 17.6 Å². The first-order valence-corrected chi connectivity index (χ1v) is 7.20. The van der Waals surface area contributed by atoms with Gasteiger partial charge in [0, 0.05) is 12.5 Å². The number of carbonyl (C=O) groups is 1. The van der Waals surface area contributed by atoms with Gasteiger partial charge in [-0.15, -0.1) is 0 Å². The first-order chi connectivity index (χ1) is 8.21. The molecule has 0 aromatic carbocycles. The minimum absolute atomic E-state index is 0.240. The minimum atomic E-state index is 0.240. The van der Waals surface area contributed by atoms with Gasteiger partial charge in [0.2, 0.25) is 5.91 Å². The number of nitrogens with one attached hydrogen (secondary N) is 1. The Bertz CT molecular complexity index is 230. The quantitative estimate of drug-likeness (QED) is 0.650. The van der Waals surface area contributed by atoms with Gasteiger partial charge in [0.1, 0.15) is 0 Å². The van der Waals surface area contributed by atoms with E-state index in [0.717, 1.165) is 31.7 Å². The molecule has 0 aromatic heterocycles. The van der Waals surface area contributed by atoms with E-state index in [0.29, 0.717) is 18.4 Å². The molecule has 1 rings (SSSR count). The third-order valence-electron chi connectivity index (χ3n) is 3.86. The van der Waals surface area contributed by atoms with Gasteiger partial charge in [0.15, 0.2) is 0 Å². The molecule has 0 aromatic rings. The van der Waals surface area contributed by atoms with Crippen LogP contribution in [-0.2, 0) is 4.79 Å². The molecule has 3 N–H and O–H groups in total. The number of hydrogen-bond acceptors (Lipinski definition) is 2. The predicted molar refractivity (Wildman–Crippen MR) is 71.6 cm³/mol.